The van der Waals surface area contributed by atoms with Gasteiger partial charge >= 0.3 is 5.97 Å². The van der Waals surface area contributed by atoms with Gasteiger partial charge in [0, 0.05) is 26.6 Å². The minimum absolute atomic E-state index is 0.0300. The first-order valence-electron chi connectivity index (χ1n) is 7.70. The fourth-order valence-corrected chi connectivity index (χ4v) is 3.31. The Morgan fingerprint density at radius 1 is 1.29 bits per heavy atom. The third-order valence-electron chi connectivity index (χ3n) is 4.83. The number of rotatable bonds is 4. The van der Waals surface area contributed by atoms with E-state index >= 15 is 0 Å². The quantitative estimate of drug-likeness (QED) is 0.758. The first-order chi connectivity index (χ1) is 9.94. The van der Waals surface area contributed by atoms with Gasteiger partial charge in [-0.2, -0.15) is 0 Å². The monoisotopic (exact) mass is 296 g/mol. The number of amides is 2. The number of likely N-dealkylation sites (tertiary alicyclic amines) is 1. The molecule has 1 unspecified atom stereocenters. The van der Waals surface area contributed by atoms with Crippen molar-refractivity contribution >= 4 is 17.8 Å². The topological polar surface area (TPSA) is 86.7 Å². The van der Waals surface area contributed by atoms with Crippen LogP contribution in [0.15, 0.2) is 0 Å². The van der Waals surface area contributed by atoms with Crippen LogP contribution in [0, 0.1) is 11.3 Å². The van der Waals surface area contributed by atoms with Gasteiger partial charge in [0.1, 0.15) is 0 Å². The first-order valence-corrected chi connectivity index (χ1v) is 7.70. The highest BCUT2D eigenvalue weighted by Gasteiger charge is 2.40. The third kappa shape index (κ3) is 3.54. The molecule has 1 aliphatic carbocycles. The van der Waals surface area contributed by atoms with Gasteiger partial charge in [0.25, 0.3) is 0 Å². The number of hydrogen-bond donors (Lipinski definition) is 2. The van der Waals surface area contributed by atoms with E-state index in [4.69, 9.17) is 0 Å². The van der Waals surface area contributed by atoms with Crippen LogP contribution in [0.3, 0.4) is 0 Å². The molecule has 6 heteroatoms. The Bertz CT molecular complexity index is 427. The van der Waals surface area contributed by atoms with Crippen molar-refractivity contribution in [2.45, 2.75) is 44.9 Å². The molecule has 1 saturated heterocycles. The fraction of sp³-hybridized carbons (Fsp3) is 0.800. The SMILES string of the molecule is CN1CC(C(=O)NCC2(C(=O)O)CCCCCC2)CC1=O. The zero-order valence-corrected chi connectivity index (χ0v) is 12.6. The lowest BCUT2D eigenvalue weighted by Crippen LogP contribution is -2.44. The zero-order valence-electron chi connectivity index (χ0n) is 12.6. The van der Waals surface area contributed by atoms with Gasteiger partial charge in [-0.25, -0.2) is 0 Å². The van der Waals surface area contributed by atoms with E-state index in [2.05, 4.69) is 5.32 Å². The van der Waals surface area contributed by atoms with E-state index in [1.54, 1.807) is 11.9 Å². The largest absolute Gasteiger partial charge is 0.481 e. The molecule has 0 aromatic heterocycles. The van der Waals surface area contributed by atoms with Gasteiger partial charge in [-0.05, 0) is 12.8 Å². The summed E-state index contributed by atoms with van der Waals surface area (Å²) in [7, 11) is 1.68. The molecule has 118 valence electrons. The summed E-state index contributed by atoms with van der Waals surface area (Å²) < 4.78 is 0. The third-order valence-corrected chi connectivity index (χ3v) is 4.83. The van der Waals surface area contributed by atoms with E-state index in [0.717, 1.165) is 25.7 Å². The molecule has 2 aliphatic rings. The van der Waals surface area contributed by atoms with Gasteiger partial charge in [0.2, 0.25) is 11.8 Å². The van der Waals surface area contributed by atoms with Crippen LogP contribution in [0.4, 0.5) is 0 Å². The summed E-state index contributed by atoms with van der Waals surface area (Å²) in [6, 6.07) is 0. The summed E-state index contributed by atoms with van der Waals surface area (Å²) in [5.74, 6) is -1.39. The standard InChI is InChI=1S/C15H24N2O4/c1-17-9-11(8-12(17)18)13(19)16-10-15(14(20)21)6-4-2-3-5-7-15/h11H,2-10H2,1H3,(H,16,19)(H,20,21). The maximum Gasteiger partial charge on any atom is 0.311 e. The summed E-state index contributed by atoms with van der Waals surface area (Å²) in [6.07, 6.45) is 5.37. The van der Waals surface area contributed by atoms with E-state index in [1.807, 2.05) is 0 Å². The van der Waals surface area contributed by atoms with E-state index in [9.17, 15) is 19.5 Å². The molecular formula is C15H24N2O4. The Labute approximate surface area is 124 Å². The number of aliphatic carboxylic acids is 1. The number of carbonyl (C=O) groups is 3. The van der Waals surface area contributed by atoms with Gasteiger partial charge < -0.3 is 15.3 Å². The highest BCUT2D eigenvalue weighted by Crippen LogP contribution is 2.35. The Morgan fingerprint density at radius 3 is 2.38 bits per heavy atom. The fourth-order valence-electron chi connectivity index (χ4n) is 3.31. The molecule has 2 N–H and O–H groups in total. The molecule has 0 bridgehead atoms. The van der Waals surface area contributed by atoms with Crippen LogP contribution in [0.5, 0.6) is 0 Å². The minimum atomic E-state index is -0.833. The molecule has 0 radical (unpaired) electrons. The molecular weight excluding hydrogens is 272 g/mol. The second kappa shape index (κ2) is 6.45. The molecule has 1 aliphatic heterocycles. The minimum Gasteiger partial charge on any atom is -0.481 e. The van der Waals surface area contributed by atoms with Crippen molar-refractivity contribution in [1.29, 1.82) is 0 Å². The molecule has 1 saturated carbocycles. The molecule has 2 fully saturated rings. The highest BCUT2D eigenvalue weighted by atomic mass is 16.4. The van der Waals surface area contributed by atoms with Crippen molar-refractivity contribution in [3.8, 4) is 0 Å². The molecule has 0 aromatic carbocycles. The number of carbonyl (C=O) groups excluding carboxylic acids is 2. The lowest BCUT2D eigenvalue weighted by atomic mass is 9.80. The Kier molecular flexibility index (Phi) is 4.85. The number of carboxylic acid groups (broad SMARTS) is 1. The predicted octanol–water partition coefficient (Wildman–Crippen LogP) is 1.01. The lowest BCUT2D eigenvalue weighted by Gasteiger charge is -2.28. The second-order valence-electron chi connectivity index (χ2n) is 6.39. The zero-order chi connectivity index (χ0) is 15.5. The normalized spacial score (nSPS) is 25.5. The Balaban J connectivity index is 1.94. The number of carboxylic acids is 1. The summed E-state index contributed by atoms with van der Waals surface area (Å²) in [4.78, 5) is 36.8. The summed E-state index contributed by atoms with van der Waals surface area (Å²) >= 11 is 0. The Morgan fingerprint density at radius 2 is 1.90 bits per heavy atom. The van der Waals surface area contributed by atoms with Gasteiger partial charge in [-0.3, -0.25) is 14.4 Å². The van der Waals surface area contributed by atoms with Crippen molar-refractivity contribution in [2.75, 3.05) is 20.1 Å². The van der Waals surface area contributed by atoms with Crippen LogP contribution in [0.25, 0.3) is 0 Å². The van der Waals surface area contributed by atoms with Crippen LogP contribution in [0.2, 0.25) is 0 Å². The average molecular weight is 296 g/mol. The van der Waals surface area contributed by atoms with E-state index < -0.39 is 11.4 Å². The number of nitrogens with one attached hydrogen (secondary N) is 1. The smallest absolute Gasteiger partial charge is 0.311 e. The van der Waals surface area contributed by atoms with Crippen molar-refractivity contribution < 1.29 is 19.5 Å². The second-order valence-corrected chi connectivity index (χ2v) is 6.39. The van der Waals surface area contributed by atoms with Crippen LogP contribution < -0.4 is 5.32 Å². The summed E-state index contributed by atoms with van der Waals surface area (Å²) in [5, 5.41) is 12.3. The van der Waals surface area contributed by atoms with Crippen LogP contribution in [0.1, 0.15) is 44.9 Å². The average Bonchev–Trinajstić information content (AvgIpc) is 2.67. The van der Waals surface area contributed by atoms with Crippen molar-refractivity contribution in [3.63, 3.8) is 0 Å². The molecule has 0 aromatic rings. The van der Waals surface area contributed by atoms with E-state index in [1.165, 1.54) is 0 Å². The van der Waals surface area contributed by atoms with Crippen LogP contribution in [-0.2, 0) is 14.4 Å². The summed E-state index contributed by atoms with van der Waals surface area (Å²) in [6.45, 7) is 0.598. The van der Waals surface area contributed by atoms with Crippen molar-refractivity contribution in [1.82, 2.24) is 10.2 Å². The summed E-state index contributed by atoms with van der Waals surface area (Å²) in [5.41, 5.74) is -0.833. The maximum atomic E-state index is 12.1. The van der Waals surface area contributed by atoms with Gasteiger partial charge in [0.05, 0.1) is 11.3 Å². The molecule has 1 heterocycles. The number of hydrogen-bond acceptors (Lipinski definition) is 3. The van der Waals surface area contributed by atoms with Crippen molar-refractivity contribution in [2.24, 2.45) is 11.3 Å². The maximum absolute atomic E-state index is 12.1. The lowest BCUT2D eigenvalue weighted by molar-refractivity contribution is -0.150. The number of nitrogens with zero attached hydrogens (tertiary/aromatic N) is 1. The molecule has 6 nitrogen and oxygen atoms in total. The van der Waals surface area contributed by atoms with Crippen LogP contribution in [-0.4, -0.2) is 47.9 Å². The van der Waals surface area contributed by atoms with Gasteiger partial charge in [0.15, 0.2) is 0 Å². The molecule has 2 amide bonds. The predicted molar refractivity (Wildman–Crippen MR) is 76.5 cm³/mol. The molecule has 1 atom stereocenters. The van der Waals surface area contributed by atoms with E-state index in [-0.39, 0.29) is 30.7 Å². The molecule has 0 spiro atoms. The van der Waals surface area contributed by atoms with E-state index in [0.29, 0.717) is 19.4 Å². The van der Waals surface area contributed by atoms with Crippen LogP contribution >= 0.6 is 0 Å². The van der Waals surface area contributed by atoms with Gasteiger partial charge in [-0.15, -0.1) is 0 Å². The molecule has 21 heavy (non-hydrogen) atoms. The van der Waals surface area contributed by atoms with Gasteiger partial charge in [-0.1, -0.05) is 25.7 Å². The van der Waals surface area contributed by atoms with Crippen molar-refractivity contribution in [3.05, 3.63) is 0 Å². The Hall–Kier alpha value is -1.59. The molecule has 2 rings (SSSR count). The highest BCUT2D eigenvalue weighted by molar-refractivity contribution is 5.89. The first kappa shape index (κ1) is 15.8.